The highest BCUT2D eigenvalue weighted by Crippen LogP contribution is 2.64. The van der Waals surface area contributed by atoms with Gasteiger partial charge in [0.2, 0.25) is 18.3 Å². The Hall–Kier alpha value is -2.51. The van der Waals surface area contributed by atoms with Crippen LogP contribution in [0, 0.1) is 11.3 Å². The van der Waals surface area contributed by atoms with Gasteiger partial charge in [-0.05, 0) is 36.1 Å². The van der Waals surface area contributed by atoms with Crippen molar-refractivity contribution < 1.29 is 33.6 Å². The van der Waals surface area contributed by atoms with E-state index in [-0.39, 0.29) is 24.3 Å². The molecule has 0 saturated heterocycles. The molecule has 5 atom stereocenters. The predicted molar refractivity (Wildman–Crippen MR) is 104 cm³/mol. The lowest BCUT2D eigenvalue weighted by Gasteiger charge is -2.41. The van der Waals surface area contributed by atoms with Crippen LogP contribution in [0.4, 0.5) is 0 Å². The number of hydrogen-bond acceptors (Lipinski definition) is 7. The van der Waals surface area contributed by atoms with Gasteiger partial charge in [-0.15, -0.1) is 6.58 Å². The van der Waals surface area contributed by atoms with E-state index in [0.29, 0.717) is 23.7 Å². The monoisotopic (exact) mass is 402 g/mol. The molecule has 7 nitrogen and oxygen atoms in total. The Kier molecular flexibility index (Phi) is 4.63. The lowest BCUT2D eigenvalue weighted by molar-refractivity contribution is -0.162. The van der Waals surface area contributed by atoms with Gasteiger partial charge in [-0.1, -0.05) is 13.0 Å². The number of Topliss-reactive ketones (excluding diaryl/α,β-unsaturated/α-hetero) is 1. The van der Waals surface area contributed by atoms with Crippen LogP contribution in [-0.2, 0) is 14.3 Å². The Morgan fingerprint density at radius 1 is 1.28 bits per heavy atom. The number of hydrogen-bond donors (Lipinski definition) is 1. The lowest BCUT2D eigenvalue weighted by Crippen LogP contribution is -2.57. The predicted octanol–water partition coefficient (Wildman–Crippen LogP) is 2.58. The summed E-state index contributed by atoms with van der Waals surface area (Å²) < 4.78 is 27.8. The van der Waals surface area contributed by atoms with Gasteiger partial charge < -0.3 is 28.8 Å². The van der Waals surface area contributed by atoms with Gasteiger partial charge >= 0.3 is 0 Å². The Morgan fingerprint density at radius 2 is 2.03 bits per heavy atom. The fourth-order valence-electron chi connectivity index (χ4n) is 5.43. The van der Waals surface area contributed by atoms with Crippen molar-refractivity contribution in [3.63, 3.8) is 0 Å². The van der Waals surface area contributed by atoms with E-state index < -0.39 is 23.0 Å². The van der Waals surface area contributed by atoms with E-state index in [9.17, 15) is 9.90 Å². The first-order valence-electron chi connectivity index (χ1n) is 9.54. The van der Waals surface area contributed by atoms with Crippen molar-refractivity contribution in [2.75, 3.05) is 28.1 Å². The van der Waals surface area contributed by atoms with E-state index >= 15 is 0 Å². The zero-order chi connectivity index (χ0) is 21.0. The van der Waals surface area contributed by atoms with Crippen LogP contribution in [0.5, 0.6) is 17.2 Å². The number of ketones is 1. The van der Waals surface area contributed by atoms with E-state index in [1.807, 2.05) is 19.1 Å². The lowest BCUT2D eigenvalue weighted by atomic mass is 9.70. The molecule has 29 heavy (non-hydrogen) atoms. The summed E-state index contributed by atoms with van der Waals surface area (Å²) >= 11 is 0. The second-order valence-electron chi connectivity index (χ2n) is 7.77. The first kappa shape index (κ1) is 19.8. The molecule has 0 aromatic heterocycles. The zero-order valence-electron chi connectivity index (χ0n) is 17.1. The van der Waals surface area contributed by atoms with Crippen molar-refractivity contribution in [2.24, 2.45) is 11.3 Å². The number of methoxy groups -OCH3 is 3. The minimum Gasteiger partial charge on any atom is -0.493 e. The van der Waals surface area contributed by atoms with E-state index in [1.165, 1.54) is 14.2 Å². The van der Waals surface area contributed by atoms with Gasteiger partial charge in [-0.3, -0.25) is 4.79 Å². The topological polar surface area (TPSA) is 83.5 Å². The van der Waals surface area contributed by atoms with E-state index in [2.05, 4.69) is 6.58 Å². The third-order valence-electron chi connectivity index (χ3n) is 6.80. The van der Waals surface area contributed by atoms with Crippen molar-refractivity contribution in [1.82, 2.24) is 0 Å². The maximum Gasteiger partial charge on any atom is 0.232 e. The van der Waals surface area contributed by atoms with Crippen LogP contribution in [0.1, 0.15) is 24.8 Å². The molecular weight excluding hydrogens is 376 g/mol. The maximum absolute atomic E-state index is 13.5. The van der Waals surface area contributed by atoms with E-state index in [4.69, 9.17) is 23.7 Å². The summed E-state index contributed by atoms with van der Waals surface area (Å²) in [5.74, 6) is 0.759. The minimum absolute atomic E-state index is 0.0993. The number of benzene rings is 1. The molecule has 1 N–H and O–H groups in total. The van der Waals surface area contributed by atoms with Gasteiger partial charge in [0.1, 0.15) is 6.10 Å². The van der Waals surface area contributed by atoms with Crippen LogP contribution >= 0.6 is 0 Å². The Morgan fingerprint density at radius 3 is 2.66 bits per heavy atom. The minimum atomic E-state index is -1.50. The molecule has 2 aliphatic carbocycles. The summed E-state index contributed by atoms with van der Waals surface area (Å²) in [4.78, 5) is 13.5. The second kappa shape index (κ2) is 6.78. The van der Waals surface area contributed by atoms with Crippen LogP contribution in [0.25, 0.3) is 0 Å². The van der Waals surface area contributed by atoms with Crippen LogP contribution in [0.3, 0.4) is 0 Å². The van der Waals surface area contributed by atoms with Gasteiger partial charge in [-0.2, -0.15) is 0 Å². The average Bonchev–Trinajstić information content (AvgIpc) is 3.24. The molecule has 0 amide bonds. The summed E-state index contributed by atoms with van der Waals surface area (Å²) in [7, 11) is 4.45. The molecule has 156 valence electrons. The first-order valence-corrected chi connectivity index (χ1v) is 9.54. The van der Waals surface area contributed by atoms with E-state index in [1.54, 1.807) is 19.3 Å². The second-order valence-corrected chi connectivity index (χ2v) is 7.77. The normalized spacial score (nSPS) is 34.7. The third kappa shape index (κ3) is 2.34. The smallest absolute Gasteiger partial charge is 0.232 e. The molecule has 1 heterocycles. The molecule has 1 aromatic rings. The molecular formula is C22H26O7. The maximum atomic E-state index is 13.5. The number of allylic oxidation sites excluding steroid dienone is 1. The van der Waals surface area contributed by atoms with Crippen LogP contribution < -0.4 is 14.2 Å². The molecule has 7 heteroatoms. The van der Waals surface area contributed by atoms with Crippen molar-refractivity contribution >= 4 is 5.78 Å². The Labute approximate surface area is 169 Å². The van der Waals surface area contributed by atoms with Crippen LogP contribution in [-0.4, -0.2) is 50.7 Å². The molecule has 1 aliphatic heterocycles. The summed E-state index contributed by atoms with van der Waals surface area (Å²) in [6.45, 7) is 5.97. The Bertz CT molecular complexity index is 891. The SMILES string of the molecule is C=CC[C@@]12C=C(OC)C(=O)[C@@](OC)([C@@H](c3cc(OC)c4c(c3)OCO4)[C@@H]1C)[C@H]2O. The number of fused-ring (bicyclic) bond motifs is 3. The zero-order valence-corrected chi connectivity index (χ0v) is 17.1. The number of aliphatic hydroxyl groups excluding tert-OH is 1. The van der Waals surface area contributed by atoms with Crippen molar-refractivity contribution in [3.05, 3.63) is 42.2 Å². The quantitative estimate of drug-likeness (QED) is 0.732. The molecule has 4 rings (SSSR count). The van der Waals surface area contributed by atoms with Crippen molar-refractivity contribution in [3.8, 4) is 17.2 Å². The number of aliphatic hydroxyl groups is 1. The van der Waals surface area contributed by atoms with Gasteiger partial charge in [0.25, 0.3) is 0 Å². The highest BCUT2D eigenvalue weighted by atomic mass is 16.7. The highest BCUT2D eigenvalue weighted by molar-refractivity contribution is 6.04. The number of carbonyl (C=O) groups excluding carboxylic acids is 1. The highest BCUT2D eigenvalue weighted by Gasteiger charge is 2.72. The average molecular weight is 402 g/mol. The molecule has 0 spiro atoms. The first-order chi connectivity index (χ1) is 13.9. The molecule has 1 aromatic carbocycles. The van der Waals surface area contributed by atoms with Crippen LogP contribution in [0.15, 0.2) is 36.6 Å². The molecule has 1 saturated carbocycles. The number of rotatable bonds is 6. The summed E-state index contributed by atoms with van der Waals surface area (Å²) in [5.41, 5.74) is -1.49. The summed E-state index contributed by atoms with van der Waals surface area (Å²) in [6, 6.07) is 3.66. The molecule has 3 aliphatic rings. The van der Waals surface area contributed by atoms with Gasteiger partial charge in [0.05, 0.1) is 14.2 Å². The van der Waals surface area contributed by atoms with Gasteiger partial charge in [0.15, 0.2) is 22.9 Å². The molecule has 0 unspecified atom stereocenters. The van der Waals surface area contributed by atoms with Crippen molar-refractivity contribution in [2.45, 2.75) is 31.0 Å². The Balaban J connectivity index is 1.96. The molecule has 2 bridgehead atoms. The fourth-order valence-corrected chi connectivity index (χ4v) is 5.43. The summed E-state index contributed by atoms with van der Waals surface area (Å²) in [6.07, 6.45) is 2.90. The number of carbonyl (C=O) groups is 1. The van der Waals surface area contributed by atoms with E-state index in [0.717, 1.165) is 5.56 Å². The number of ether oxygens (including phenoxy) is 5. The van der Waals surface area contributed by atoms with Crippen molar-refractivity contribution in [1.29, 1.82) is 0 Å². The standard InChI is InChI=1S/C22H26O7/c1-6-7-21-10-16(26-4)19(23)22(27-5,20(21)24)17(12(21)2)13-8-14(25-3)18-15(9-13)28-11-29-18/h6,8-10,12,17,20,24H,1,7,11H2,2-5H3/t12-,17+,20-,21+,22-/m0/s1. The third-order valence-corrected chi connectivity index (χ3v) is 6.80. The van der Waals surface area contributed by atoms with Gasteiger partial charge in [0, 0.05) is 18.4 Å². The molecule has 0 radical (unpaired) electrons. The molecule has 1 fully saturated rings. The summed E-state index contributed by atoms with van der Waals surface area (Å²) in [5, 5.41) is 11.5. The van der Waals surface area contributed by atoms with Crippen LogP contribution in [0.2, 0.25) is 0 Å². The largest absolute Gasteiger partial charge is 0.493 e. The van der Waals surface area contributed by atoms with Gasteiger partial charge in [-0.25, -0.2) is 0 Å². The fraction of sp³-hybridized carbons (Fsp3) is 0.500.